The highest BCUT2D eigenvalue weighted by atomic mass is 19.1. The zero-order valence-corrected chi connectivity index (χ0v) is 34.4. The maximum Gasteiger partial charge on any atom is 0.311 e. The number of rotatable bonds is 9. The van der Waals surface area contributed by atoms with Crippen molar-refractivity contribution in [1.82, 2.24) is 38.7 Å². The predicted octanol–water partition coefficient (Wildman–Crippen LogP) is 9.86. The van der Waals surface area contributed by atoms with E-state index < -0.39 is 29.2 Å². The number of aromatic nitrogens is 8. The van der Waals surface area contributed by atoms with Gasteiger partial charge in [0, 0.05) is 70.8 Å². The van der Waals surface area contributed by atoms with Crippen LogP contribution in [-0.4, -0.2) is 63.0 Å². The summed E-state index contributed by atoms with van der Waals surface area (Å²) in [5.41, 5.74) is 18.2. The molecule has 0 saturated carbocycles. The maximum atomic E-state index is 15.0. The van der Waals surface area contributed by atoms with E-state index in [9.17, 15) is 23.1 Å². The average molecular weight is 909 g/mol. The lowest BCUT2D eigenvalue weighted by Gasteiger charge is -2.14. The number of aliphatic hydroxyl groups is 1. The molecular weight excluding hydrogens is 865 g/mol. The summed E-state index contributed by atoms with van der Waals surface area (Å²) in [6.07, 6.45) is 6.67. The van der Waals surface area contributed by atoms with Gasteiger partial charge in [-0.15, -0.1) is 0 Å². The van der Waals surface area contributed by atoms with E-state index in [1.807, 2.05) is 0 Å². The fourth-order valence-electron chi connectivity index (χ4n) is 7.71. The largest absolute Gasteiger partial charge is 0.466 e. The number of ether oxygens (including phenoxy) is 1. The Balaban J connectivity index is 0.000000194. The Bertz CT molecular complexity index is 3470. The monoisotopic (exact) mass is 908 g/mol. The topological polar surface area (TPSA) is 185 Å². The van der Waals surface area contributed by atoms with Crippen molar-refractivity contribution in [3.05, 3.63) is 157 Å². The van der Waals surface area contributed by atoms with Crippen molar-refractivity contribution in [1.29, 1.82) is 0 Å². The second kappa shape index (κ2) is 19.4. The van der Waals surface area contributed by atoms with Crippen molar-refractivity contribution in [2.45, 2.75) is 34.6 Å². The second-order valence-corrected chi connectivity index (χ2v) is 14.8. The van der Waals surface area contributed by atoms with Crippen molar-refractivity contribution in [3.63, 3.8) is 0 Å². The molecule has 0 radical (unpaired) electrons. The molecule has 0 amide bonds. The first-order chi connectivity index (χ1) is 31.5. The van der Waals surface area contributed by atoms with Crippen LogP contribution in [0.4, 0.5) is 29.2 Å². The summed E-state index contributed by atoms with van der Waals surface area (Å²) in [6, 6.07) is 25.1. The highest BCUT2D eigenvalue weighted by Crippen LogP contribution is 2.38. The summed E-state index contributed by atoms with van der Waals surface area (Å²) >= 11 is 0. The first kappa shape index (κ1) is 46.7. The molecule has 6 heterocycles. The first-order valence-electron chi connectivity index (χ1n) is 20.2. The number of aliphatic hydroxyl groups excluding tert-OH is 1. The highest BCUT2D eigenvalue weighted by molar-refractivity contribution is 5.91. The van der Waals surface area contributed by atoms with Crippen molar-refractivity contribution in [3.8, 4) is 45.0 Å². The van der Waals surface area contributed by atoms with E-state index in [0.717, 1.165) is 0 Å². The quantitative estimate of drug-likeness (QED) is 0.0925. The number of carbonyl (C=O) groups excluding carboxylic acids is 1. The van der Waals surface area contributed by atoms with Crippen LogP contribution in [0.15, 0.2) is 122 Å². The predicted molar refractivity (Wildman–Crippen MR) is 252 cm³/mol. The van der Waals surface area contributed by atoms with Crippen LogP contribution < -0.4 is 11.5 Å². The van der Waals surface area contributed by atoms with Gasteiger partial charge in [0.05, 0.1) is 47.2 Å². The molecule has 340 valence electrons. The molecule has 0 saturated heterocycles. The van der Waals surface area contributed by atoms with E-state index in [4.69, 9.17) is 16.2 Å². The fraction of sp³-hybridized carbons (Fsp3) is 0.140. The molecule has 4 aromatic carbocycles. The molecular formula is C50H44F4N10O3. The Labute approximate surface area is 381 Å². The van der Waals surface area contributed by atoms with E-state index >= 15 is 4.39 Å². The van der Waals surface area contributed by atoms with Crippen LogP contribution in [-0.2, 0) is 22.4 Å². The minimum absolute atomic E-state index is 0. The number of hydrogen-bond acceptors (Lipinski definition) is 11. The first-order valence-corrected chi connectivity index (χ1v) is 20.2. The molecule has 0 bridgehead atoms. The number of halogens is 4. The van der Waals surface area contributed by atoms with Crippen LogP contribution in [0.5, 0.6) is 0 Å². The molecule has 0 unspecified atom stereocenters. The molecule has 0 aliphatic rings. The molecule has 13 nitrogen and oxygen atoms in total. The van der Waals surface area contributed by atoms with Gasteiger partial charge in [0.1, 0.15) is 34.3 Å². The van der Waals surface area contributed by atoms with Crippen molar-refractivity contribution >= 4 is 50.7 Å². The molecule has 10 rings (SSSR count). The second-order valence-electron chi connectivity index (χ2n) is 14.8. The van der Waals surface area contributed by atoms with Gasteiger partial charge in [0.25, 0.3) is 0 Å². The summed E-state index contributed by atoms with van der Waals surface area (Å²) in [5.74, 6) is -2.09. The number of esters is 1. The SMILES string of the molecule is C.C.CCOC(=O)Cc1cn2c(-c3cc(F)c4ncccc4c3)c(-c3cccc(F)c3)nc(N)c2n1.Nc1nc(-c2cccc(F)c2)c(-c2cc(F)c3ncccc3c2)n2cc(CCO)nc12. The van der Waals surface area contributed by atoms with Crippen LogP contribution in [0, 0.1) is 23.3 Å². The molecule has 67 heavy (non-hydrogen) atoms. The van der Waals surface area contributed by atoms with Gasteiger partial charge in [-0.05, 0) is 67.6 Å². The average Bonchev–Trinajstić information content (AvgIpc) is 3.92. The molecule has 0 aliphatic heterocycles. The van der Waals surface area contributed by atoms with Gasteiger partial charge in [-0.1, -0.05) is 51.3 Å². The zero-order valence-electron chi connectivity index (χ0n) is 34.4. The number of hydrogen-bond donors (Lipinski definition) is 3. The number of carbonyl (C=O) groups is 1. The molecule has 6 aromatic heterocycles. The molecule has 10 aromatic rings. The number of anilines is 2. The number of nitrogens with two attached hydrogens (primary N) is 2. The lowest BCUT2D eigenvalue weighted by Crippen LogP contribution is -2.07. The Kier molecular flexibility index (Phi) is 13.5. The van der Waals surface area contributed by atoms with Crippen molar-refractivity contribution in [2.75, 3.05) is 24.7 Å². The Hall–Kier alpha value is -8.31. The Morgan fingerprint density at radius 3 is 1.57 bits per heavy atom. The van der Waals surface area contributed by atoms with Crippen LogP contribution >= 0.6 is 0 Å². The lowest BCUT2D eigenvalue weighted by molar-refractivity contribution is -0.142. The fourth-order valence-corrected chi connectivity index (χ4v) is 7.71. The van der Waals surface area contributed by atoms with Crippen LogP contribution in [0.25, 0.3) is 78.1 Å². The van der Waals surface area contributed by atoms with Gasteiger partial charge in [-0.25, -0.2) is 37.5 Å². The number of nitrogen functional groups attached to an aromatic ring is 2. The third-order valence-corrected chi connectivity index (χ3v) is 10.4. The van der Waals surface area contributed by atoms with Gasteiger partial charge in [0.15, 0.2) is 22.9 Å². The van der Waals surface area contributed by atoms with E-state index in [2.05, 4.69) is 29.9 Å². The molecule has 0 fully saturated rings. The Morgan fingerprint density at radius 1 is 0.627 bits per heavy atom. The number of nitrogens with zero attached hydrogens (tertiary/aromatic N) is 8. The van der Waals surface area contributed by atoms with Gasteiger partial charge in [0.2, 0.25) is 0 Å². The van der Waals surface area contributed by atoms with Gasteiger partial charge in [-0.2, -0.15) is 0 Å². The highest BCUT2D eigenvalue weighted by Gasteiger charge is 2.23. The zero-order chi connectivity index (χ0) is 45.4. The van der Waals surface area contributed by atoms with Crippen LogP contribution in [0.2, 0.25) is 0 Å². The Morgan fingerprint density at radius 2 is 1.10 bits per heavy atom. The summed E-state index contributed by atoms with van der Waals surface area (Å²) in [5, 5.41) is 10.5. The number of pyridine rings is 2. The van der Waals surface area contributed by atoms with Gasteiger partial charge < -0.3 is 21.3 Å². The molecule has 0 aliphatic carbocycles. The number of imidazole rings is 2. The third kappa shape index (κ3) is 9.17. The standard InChI is InChI=1S/C25H19F2N5O2.C23H17F2N5O.2CH4/c1-2-34-20(33)12-18-13-32-23(16-9-14-6-4-8-29-21(14)19(27)11-16)22(31-24(28)25(32)30-18)15-5-3-7-17(26)10-15;24-16-5-1-3-14(10-16)20-21(15-9-13-4-2-7-27-19(13)18(25)11-15)30-12-17(6-8-31)28-23(30)22(26)29-20;;/h3-11,13H,2,12H2,1H3,(H2,28,31);1-5,7,9-12,31H,6,8H2,(H2,26,29);2*1H4. The third-order valence-electron chi connectivity index (χ3n) is 10.4. The number of fused-ring (bicyclic) bond motifs is 4. The summed E-state index contributed by atoms with van der Waals surface area (Å²) in [4.78, 5) is 38.2. The molecule has 5 N–H and O–H groups in total. The van der Waals surface area contributed by atoms with Crippen molar-refractivity contribution in [2.24, 2.45) is 0 Å². The van der Waals surface area contributed by atoms with Crippen LogP contribution in [0.3, 0.4) is 0 Å². The van der Waals surface area contributed by atoms with Crippen LogP contribution in [0.1, 0.15) is 33.2 Å². The smallest absolute Gasteiger partial charge is 0.311 e. The van der Waals surface area contributed by atoms with E-state index in [0.29, 0.717) is 84.9 Å². The van der Waals surface area contributed by atoms with E-state index in [1.54, 1.807) is 88.8 Å². The number of benzene rings is 4. The maximum absolute atomic E-state index is 15.0. The summed E-state index contributed by atoms with van der Waals surface area (Å²) < 4.78 is 66.4. The van der Waals surface area contributed by atoms with E-state index in [-0.39, 0.29) is 57.2 Å². The van der Waals surface area contributed by atoms with E-state index in [1.165, 1.54) is 48.8 Å². The molecule has 0 atom stereocenters. The normalized spacial score (nSPS) is 11.0. The lowest BCUT2D eigenvalue weighted by atomic mass is 10.0. The van der Waals surface area contributed by atoms with Gasteiger partial charge in [-0.3, -0.25) is 23.6 Å². The van der Waals surface area contributed by atoms with Gasteiger partial charge >= 0.3 is 5.97 Å². The minimum Gasteiger partial charge on any atom is -0.466 e. The molecule has 17 heteroatoms. The summed E-state index contributed by atoms with van der Waals surface area (Å²) in [7, 11) is 0. The summed E-state index contributed by atoms with van der Waals surface area (Å²) in [6.45, 7) is 1.88. The molecule has 0 spiro atoms. The van der Waals surface area contributed by atoms with Crippen molar-refractivity contribution < 1.29 is 32.2 Å². The minimum atomic E-state index is -0.518.